The molecular formula is C16H30N2O. The Balaban J connectivity index is 1.77. The molecule has 1 N–H and O–H groups in total. The van der Waals surface area contributed by atoms with Gasteiger partial charge in [-0.25, -0.2) is 0 Å². The van der Waals surface area contributed by atoms with Crippen LogP contribution in [0.1, 0.15) is 65.2 Å². The van der Waals surface area contributed by atoms with Crippen LogP contribution in [0.15, 0.2) is 0 Å². The smallest absolute Gasteiger partial charge is 0.239 e. The first kappa shape index (κ1) is 14.8. The lowest BCUT2D eigenvalue weighted by Gasteiger charge is -2.38. The van der Waals surface area contributed by atoms with E-state index < -0.39 is 0 Å². The Morgan fingerprint density at radius 3 is 2.37 bits per heavy atom. The van der Waals surface area contributed by atoms with E-state index in [4.69, 9.17) is 0 Å². The van der Waals surface area contributed by atoms with Gasteiger partial charge in [-0.05, 0) is 57.8 Å². The van der Waals surface area contributed by atoms with Gasteiger partial charge in [0, 0.05) is 19.6 Å². The van der Waals surface area contributed by atoms with E-state index in [1.807, 2.05) is 20.9 Å². The summed E-state index contributed by atoms with van der Waals surface area (Å²) >= 11 is 0. The summed E-state index contributed by atoms with van der Waals surface area (Å²) in [5, 5.41) is 3.55. The summed E-state index contributed by atoms with van der Waals surface area (Å²) in [4.78, 5) is 13.9. The fraction of sp³-hybridized carbons (Fsp3) is 0.938. The number of hydrogen-bond acceptors (Lipinski definition) is 2. The molecule has 2 rings (SSSR count). The first-order valence-corrected chi connectivity index (χ1v) is 8.07. The van der Waals surface area contributed by atoms with Gasteiger partial charge in [0.2, 0.25) is 5.91 Å². The van der Waals surface area contributed by atoms with Gasteiger partial charge >= 0.3 is 0 Å². The van der Waals surface area contributed by atoms with Crippen LogP contribution in [0.2, 0.25) is 0 Å². The van der Waals surface area contributed by atoms with E-state index in [1.165, 1.54) is 51.4 Å². The van der Waals surface area contributed by atoms with Crippen LogP contribution < -0.4 is 5.32 Å². The molecule has 0 aromatic rings. The molecule has 0 aromatic heterocycles. The average Bonchev–Trinajstić information content (AvgIpc) is 2.88. The van der Waals surface area contributed by atoms with Crippen molar-refractivity contribution in [3.63, 3.8) is 0 Å². The molecule has 1 amide bonds. The quantitative estimate of drug-likeness (QED) is 0.848. The number of nitrogens with zero attached hydrogens (tertiary/aromatic N) is 1. The number of amides is 1. The first-order valence-electron chi connectivity index (χ1n) is 8.07. The molecule has 19 heavy (non-hydrogen) atoms. The average molecular weight is 266 g/mol. The van der Waals surface area contributed by atoms with E-state index in [1.54, 1.807) is 4.90 Å². The van der Waals surface area contributed by atoms with Crippen molar-refractivity contribution in [2.24, 2.45) is 5.41 Å². The van der Waals surface area contributed by atoms with Crippen molar-refractivity contribution in [3.8, 4) is 0 Å². The summed E-state index contributed by atoms with van der Waals surface area (Å²) in [5.74, 6) is 0.226. The minimum absolute atomic E-state index is 0.0346. The lowest BCUT2D eigenvalue weighted by atomic mass is 9.71. The molecule has 0 aromatic carbocycles. The predicted molar refractivity (Wildman–Crippen MR) is 79.1 cm³/mol. The van der Waals surface area contributed by atoms with Crippen LogP contribution in [0.4, 0.5) is 0 Å². The Hall–Kier alpha value is -0.570. The molecule has 0 bridgehead atoms. The van der Waals surface area contributed by atoms with E-state index in [0.29, 0.717) is 11.5 Å². The van der Waals surface area contributed by atoms with E-state index in [0.717, 1.165) is 6.54 Å². The third kappa shape index (κ3) is 3.50. The van der Waals surface area contributed by atoms with Gasteiger partial charge in [-0.15, -0.1) is 0 Å². The Morgan fingerprint density at radius 1 is 1.26 bits per heavy atom. The van der Waals surface area contributed by atoms with Crippen LogP contribution in [0.5, 0.6) is 0 Å². The van der Waals surface area contributed by atoms with Gasteiger partial charge in [0.1, 0.15) is 0 Å². The Bertz CT molecular complexity index is 300. The first-order chi connectivity index (χ1) is 9.06. The predicted octanol–water partition coefficient (Wildman–Crippen LogP) is 2.95. The second kappa shape index (κ2) is 6.25. The van der Waals surface area contributed by atoms with Gasteiger partial charge in [-0.1, -0.05) is 12.8 Å². The summed E-state index contributed by atoms with van der Waals surface area (Å²) < 4.78 is 0. The SMILES string of the molecule is CCN(C)C(=O)C(C)NC1CCC2(CCCC2)CC1. The second-order valence-electron chi connectivity index (χ2n) is 6.72. The number of carbonyl (C=O) groups excluding carboxylic acids is 1. The molecule has 1 unspecified atom stereocenters. The topological polar surface area (TPSA) is 32.3 Å². The maximum absolute atomic E-state index is 12.1. The van der Waals surface area contributed by atoms with Crippen LogP contribution >= 0.6 is 0 Å². The molecule has 0 heterocycles. The zero-order chi connectivity index (χ0) is 13.9. The van der Waals surface area contributed by atoms with Crippen LogP contribution in [0.25, 0.3) is 0 Å². The van der Waals surface area contributed by atoms with Gasteiger partial charge in [-0.2, -0.15) is 0 Å². The zero-order valence-electron chi connectivity index (χ0n) is 12.9. The summed E-state index contributed by atoms with van der Waals surface area (Å²) in [6, 6.07) is 0.517. The summed E-state index contributed by atoms with van der Waals surface area (Å²) in [7, 11) is 1.88. The monoisotopic (exact) mass is 266 g/mol. The highest BCUT2D eigenvalue weighted by atomic mass is 16.2. The number of nitrogens with one attached hydrogen (secondary N) is 1. The molecule has 0 radical (unpaired) electrons. The molecule has 3 heteroatoms. The summed E-state index contributed by atoms with van der Waals surface area (Å²) in [6.45, 7) is 4.82. The maximum Gasteiger partial charge on any atom is 0.239 e. The fourth-order valence-electron chi connectivity index (χ4n) is 3.93. The van der Waals surface area contributed by atoms with Gasteiger partial charge < -0.3 is 10.2 Å². The van der Waals surface area contributed by atoms with Crippen molar-refractivity contribution in [3.05, 3.63) is 0 Å². The number of likely N-dealkylation sites (N-methyl/N-ethyl adjacent to an activating group) is 1. The van der Waals surface area contributed by atoms with Crippen LogP contribution in [-0.4, -0.2) is 36.5 Å². The van der Waals surface area contributed by atoms with E-state index in [2.05, 4.69) is 5.32 Å². The molecule has 1 spiro atoms. The normalized spacial score (nSPS) is 24.6. The molecule has 2 saturated carbocycles. The molecule has 2 aliphatic rings. The Morgan fingerprint density at radius 2 is 1.84 bits per heavy atom. The standard InChI is InChI=1S/C16H30N2O/c1-4-18(3)15(19)13(2)17-14-7-11-16(12-8-14)9-5-6-10-16/h13-14,17H,4-12H2,1-3H3. The molecule has 3 nitrogen and oxygen atoms in total. The zero-order valence-corrected chi connectivity index (χ0v) is 12.9. The molecule has 0 aliphatic heterocycles. The van der Waals surface area contributed by atoms with Gasteiger partial charge in [0.15, 0.2) is 0 Å². The van der Waals surface area contributed by atoms with E-state index >= 15 is 0 Å². The molecule has 110 valence electrons. The largest absolute Gasteiger partial charge is 0.345 e. The Kier molecular flexibility index (Phi) is 4.88. The second-order valence-corrected chi connectivity index (χ2v) is 6.72. The third-order valence-corrected chi connectivity index (χ3v) is 5.42. The molecule has 2 aliphatic carbocycles. The lowest BCUT2D eigenvalue weighted by Crippen LogP contribution is -2.48. The highest BCUT2D eigenvalue weighted by Crippen LogP contribution is 2.48. The van der Waals surface area contributed by atoms with E-state index in [9.17, 15) is 4.79 Å². The molecule has 1 atom stereocenters. The Labute approximate surface area is 118 Å². The van der Waals surface area contributed by atoms with Crippen LogP contribution in [0, 0.1) is 5.41 Å². The van der Waals surface area contributed by atoms with Crippen molar-refractivity contribution in [1.82, 2.24) is 10.2 Å². The highest BCUT2D eigenvalue weighted by Gasteiger charge is 2.37. The van der Waals surface area contributed by atoms with Gasteiger partial charge in [0.25, 0.3) is 0 Å². The minimum Gasteiger partial charge on any atom is -0.345 e. The van der Waals surface area contributed by atoms with Crippen molar-refractivity contribution in [2.75, 3.05) is 13.6 Å². The van der Waals surface area contributed by atoms with Crippen molar-refractivity contribution in [2.45, 2.75) is 77.3 Å². The summed E-state index contributed by atoms with van der Waals surface area (Å²) in [5.41, 5.74) is 0.686. The number of carbonyl (C=O) groups is 1. The molecule has 2 fully saturated rings. The van der Waals surface area contributed by atoms with Gasteiger partial charge in [0.05, 0.1) is 6.04 Å². The van der Waals surface area contributed by atoms with E-state index in [-0.39, 0.29) is 11.9 Å². The number of hydrogen-bond donors (Lipinski definition) is 1. The summed E-state index contributed by atoms with van der Waals surface area (Å²) in [6.07, 6.45) is 11.0. The minimum atomic E-state index is -0.0346. The fourth-order valence-corrected chi connectivity index (χ4v) is 3.93. The van der Waals surface area contributed by atoms with Crippen molar-refractivity contribution in [1.29, 1.82) is 0 Å². The van der Waals surface area contributed by atoms with Gasteiger partial charge in [-0.3, -0.25) is 4.79 Å². The third-order valence-electron chi connectivity index (χ3n) is 5.42. The maximum atomic E-state index is 12.1. The lowest BCUT2D eigenvalue weighted by molar-refractivity contribution is -0.131. The number of rotatable bonds is 4. The van der Waals surface area contributed by atoms with Crippen molar-refractivity contribution >= 4 is 5.91 Å². The van der Waals surface area contributed by atoms with Crippen LogP contribution in [0.3, 0.4) is 0 Å². The molecule has 0 saturated heterocycles. The highest BCUT2D eigenvalue weighted by molar-refractivity contribution is 5.81. The van der Waals surface area contributed by atoms with Crippen LogP contribution in [-0.2, 0) is 4.79 Å². The van der Waals surface area contributed by atoms with Crippen molar-refractivity contribution < 1.29 is 4.79 Å². The molecular weight excluding hydrogens is 236 g/mol.